The Morgan fingerprint density at radius 2 is 2.12 bits per heavy atom. The number of H-pyrrole nitrogens is 1. The number of rotatable bonds is 6. The fourth-order valence-corrected chi connectivity index (χ4v) is 5.09. The van der Waals surface area contributed by atoms with Gasteiger partial charge in [0.25, 0.3) is 0 Å². The van der Waals surface area contributed by atoms with Crippen molar-refractivity contribution in [1.82, 2.24) is 24.6 Å². The number of fused-ring (bicyclic) bond motifs is 1. The number of benzene rings is 1. The van der Waals surface area contributed by atoms with E-state index in [9.17, 15) is 9.18 Å². The van der Waals surface area contributed by atoms with Gasteiger partial charge in [0.05, 0.1) is 22.9 Å². The van der Waals surface area contributed by atoms with Gasteiger partial charge in [-0.15, -0.1) is 0 Å². The monoisotopic (exact) mass is 445 g/mol. The van der Waals surface area contributed by atoms with Crippen molar-refractivity contribution in [3.05, 3.63) is 72.4 Å². The van der Waals surface area contributed by atoms with E-state index < -0.39 is 0 Å². The molecule has 1 N–H and O–H groups in total. The van der Waals surface area contributed by atoms with Crippen molar-refractivity contribution in [3.63, 3.8) is 0 Å². The van der Waals surface area contributed by atoms with Gasteiger partial charge in [0, 0.05) is 43.0 Å². The fraction of sp³-hybridized carbons (Fsp3) is 0.346. The molecule has 0 saturated carbocycles. The van der Waals surface area contributed by atoms with E-state index in [1.807, 2.05) is 29.3 Å². The first kappa shape index (κ1) is 21.4. The van der Waals surface area contributed by atoms with E-state index in [2.05, 4.69) is 40.9 Å². The predicted molar refractivity (Wildman–Crippen MR) is 126 cm³/mol. The Labute approximate surface area is 192 Å². The van der Waals surface area contributed by atoms with Crippen LogP contribution in [-0.4, -0.2) is 42.6 Å². The predicted octanol–water partition coefficient (Wildman–Crippen LogP) is 4.83. The van der Waals surface area contributed by atoms with Crippen molar-refractivity contribution in [2.24, 2.45) is 5.92 Å². The second-order valence-electron chi connectivity index (χ2n) is 9.57. The summed E-state index contributed by atoms with van der Waals surface area (Å²) >= 11 is 0. The lowest BCUT2D eigenvalue weighted by molar-refractivity contribution is -0.134. The summed E-state index contributed by atoms with van der Waals surface area (Å²) in [4.78, 5) is 19.8. The number of likely N-dealkylation sites (tertiary alicyclic amines) is 1. The molecule has 6 nitrogen and oxygen atoms in total. The maximum Gasteiger partial charge on any atom is 0.223 e. The highest BCUT2D eigenvalue weighted by Crippen LogP contribution is 2.35. The normalized spacial score (nSPS) is 17.7. The van der Waals surface area contributed by atoms with E-state index in [1.54, 1.807) is 12.3 Å². The summed E-state index contributed by atoms with van der Waals surface area (Å²) in [5.41, 5.74) is 4.57. The summed E-state index contributed by atoms with van der Waals surface area (Å²) in [7, 11) is 0. The standard InChI is InChI=1S/C26H28FN5O/c1-26(2)13-19(17-32(26)25(33)9-6-18-4-3-5-21(27)12-18)16-31-11-10-23-24(31)8-7-22(30-23)20-14-28-29-15-20/h3-5,7-8,10-12,14-15,19H,6,9,13,16-17H2,1-2H3,(H,28,29). The SMILES string of the molecule is CC1(C)CC(Cn2ccc3nc(-c4cn[nH]c4)ccc32)CN1C(=O)CCc1cccc(F)c1. The number of hydrogen-bond acceptors (Lipinski definition) is 3. The molecule has 1 saturated heterocycles. The van der Waals surface area contributed by atoms with Crippen LogP contribution in [0.5, 0.6) is 0 Å². The number of aryl methyl sites for hydroxylation is 1. The molecular weight excluding hydrogens is 417 g/mol. The lowest BCUT2D eigenvalue weighted by atomic mass is 9.96. The molecule has 0 aliphatic carbocycles. The number of nitrogens with one attached hydrogen (secondary N) is 1. The third kappa shape index (κ3) is 4.40. The number of carbonyl (C=O) groups is 1. The summed E-state index contributed by atoms with van der Waals surface area (Å²) in [5.74, 6) is 0.240. The maximum atomic E-state index is 13.4. The van der Waals surface area contributed by atoms with Crippen molar-refractivity contribution < 1.29 is 9.18 Å². The Morgan fingerprint density at radius 3 is 2.91 bits per heavy atom. The van der Waals surface area contributed by atoms with Crippen LogP contribution < -0.4 is 0 Å². The first-order valence-corrected chi connectivity index (χ1v) is 11.4. The van der Waals surface area contributed by atoms with Crippen LogP contribution in [0, 0.1) is 11.7 Å². The number of halogens is 1. The summed E-state index contributed by atoms with van der Waals surface area (Å²) in [5, 5.41) is 6.83. The van der Waals surface area contributed by atoms with Gasteiger partial charge in [0.2, 0.25) is 5.91 Å². The molecule has 1 aromatic carbocycles. The van der Waals surface area contributed by atoms with Gasteiger partial charge in [-0.05, 0) is 68.5 Å². The van der Waals surface area contributed by atoms with Crippen LogP contribution in [-0.2, 0) is 17.8 Å². The van der Waals surface area contributed by atoms with Gasteiger partial charge in [0.1, 0.15) is 5.82 Å². The van der Waals surface area contributed by atoms with Crippen LogP contribution in [0.2, 0.25) is 0 Å². The Balaban J connectivity index is 1.26. The van der Waals surface area contributed by atoms with Crippen molar-refractivity contribution in [2.75, 3.05) is 6.54 Å². The summed E-state index contributed by atoms with van der Waals surface area (Å²) < 4.78 is 15.7. The molecule has 1 aliphatic heterocycles. The van der Waals surface area contributed by atoms with E-state index >= 15 is 0 Å². The zero-order valence-corrected chi connectivity index (χ0v) is 19.0. The third-order valence-electron chi connectivity index (χ3n) is 6.65. The number of hydrogen-bond donors (Lipinski definition) is 1. The number of amides is 1. The molecular formula is C26H28FN5O. The fourth-order valence-electron chi connectivity index (χ4n) is 5.09. The highest BCUT2D eigenvalue weighted by Gasteiger charge is 2.40. The molecule has 1 amide bonds. The van der Waals surface area contributed by atoms with Crippen molar-refractivity contribution in [3.8, 4) is 11.3 Å². The zero-order chi connectivity index (χ0) is 23.0. The number of carbonyl (C=O) groups excluding carboxylic acids is 1. The van der Waals surface area contributed by atoms with Crippen LogP contribution >= 0.6 is 0 Å². The van der Waals surface area contributed by atoms with E-state index in [0.29, 0.717) is 18.8 Å². The molecule has 4 aromatic rings. The Kier molecular flexibility index (Phi) is 5.48. The van der Waals surface area contributed by atoms with Crippen LogP contribution in [0.3, 0.4) is 0 Å². The van der Waals surface area contributed by atoms with Crippen LogP contribution in [0.4, 0.5) is 4.39 Å². The summed E-state index contributed by atoms with van der Waals surface area (Å²) in [6.45, 7) is 5.85. The average Bonchev–Trinajstić information content (AvgIpc) is 3.51. The molecule has 1 atom stereocenters. The molecule has 7 heteroatoms. The van der Waals surface area contributed by atoms with Gasteiger partial charge in [-0.2, -0.15) is 5.10 Å². The van der Waals surface area contributed by atoms with E-state index in [0.717, 1.165) is 47.4 Å². The van der Waals surface area contributed by atoms with Crippen molar-refractivity contribution >= 4 is 16.9 Å². The minimum absolute atomic E-state index is 0.135. The second kappa shape index (κ2) is 8.46. The lowest BCUT2D eigenvalue weighted by Crippen LogP contribution is -2.42. The number of aromatic amines is 1. The van der Waals surface area contributed by atoms with Gasteiger partial charge in [-0.1, -0.05) is 12.1 Å². The van der Waals surface area contributed by atoms with Gasteiger partial charge in [-0.25, -0.2) is 9.37 Å². The van der Waals surface area contributed by atoms with E-state index in [-0.39, 0.29) is 17.3 Å². The molecule has 33 heavy (non-hydrogen) atoms. The first-order valence-electron chi connectivity index (χ1n) is 11.4. The van der Waals surface area contributed by atoms with E-state index in [4.69, 9.17) is 4.98 Å². The topological polar surface area (TPSA) is 66.8 Å². The Bertz CT molecular complexity index is 1280. The largest absolute Gasteiger partial charge is 0.346 e. The van der Waals surface area contributed by atoms with Crippen molar-refractivity contribution in [2.45, 2.75) is 45.2 Å². The van der Waals surface area contributed by atoms with Gasteiger partial charge in [-0.3, -0.25) is 9.89 Å². The quantitative estimate of drug-likeness (QED) is 0.462. The molecule has 170 valence electrons. The summed E-state index contributed by atoms with van der Waals surface area (Å²) in [6.07, 6.45) is 7.59. The maximum absolute atomic E-state index is 13.4. The minimum Gasteiger partial charge on any atom is -0.346 e. The minimum atomic E-state index is -0.258. The average molecular weight is 446 g/mol. The highest BCUT2D eigenvalue weighted by atomic mass is 19.1. The summed E-state index contributed by atoms with van der Waals surface area (Å²) in [6, 6.07) is 12.7. The molecule has 1 fully saturated rings. The van der Waals surface area contributed by atoms with E-state index in [1.165, 1.54) is 12.1 Å². The van der Waals surface area contributed by atoms with Gasteiger partial charge >= 0.3 is 0 Å². The molecule has 0 bridgehead atoms. The molecule has 0 radical (unpaired) electrons. The molecule has 3 aromatic heterocycles. The molecule has 0 spiro atoms. The van der Waals surface area contributed by atoms with Crippen molar-refractivity contribution in [1.29, 1.82) is 0 Å². The van der Waals surface area contributed by atoms with Crippen LogP contribution in [0.1, 0.15) is 32.3 Å². The highest BCUT2D eigenvalue weighted by molar-refractivity contribution is 5.79. The first-order chi connectivity index (χ1) is 15.9. The molecule has 1 aliphatic rings. The number of nitrogens with zero attached hydrogens (tertiary/aromatic N) is 4. The Morgan fingerprint density at radius 1 is 1.24 bits per heavy atom. The lowest BCUT2D eigenvalue weighted by Gasteiger charge is -2.31. The van der Waals surface area contributed by atoms with Gasteiger partial charge < -0.3 is 9.47 Å². The smallest absolute Gasteiger partial charge is 0.223 e. The third-order valence-corrected chi connectivity index (χ3v) is 6.65. The number of aromatic nitrogens is 4. The number of pyridine rings is 1. The molecule has 1 unspecified atom stereocenters. The zero-order valence-electron chi connectivity index (χ0n) is 19.0. The second-order valence-corrected chi connectivity index (χ2v) is 9.57. The van der Waals surface area contributed by atoms with Gasteiger partial charge in [0.15, 0.2) is 0 Å². The molecule has 5 rings (SSSR count). The van der Waals surface area contributed by atoms with Crippen LogP contribution in [0.15, 0.2) is 61.1 Å². The molecule has 4 heterocycles. The van der Waals surface area contributed by atoms with Crippen LogP contribution in [0.25, 0.3) is 22.3 Å². The Hall–Kier alpha value is -3.48.